The van der Waals surface area contributed by atoms with Crippen molar-refractivity contribution in [2.45, 2.75) is 19.3 Å². The average Bonchev–Trinajstić information content (AvgIpc) is 3.10. The molecular formula is C16H17N5O. The first kappa shape index (κ1) is 13.1. The van der Waals surface area contributed by atoms with Crippen molar-refractivity contribution < 1.29 is 4.79 Å². The Morgan fingerprint density at radius 1 is 1.45 bits per heavy atom. The summed E-state index contributed by atoms with van der Waals surface area (Å²) < 4.78 is 1.77. The molecule has 0 bridgehead atoms. The topological polar surface area (TPSA) is 75.6 Å². The zero-order valence-electron chi connectivity index (χ0n) is 12.3. The van der Waals surface area contributed by atoms with Crippen molar-refractivity contribution in [3.8, 4) is 0 Å². The summed E-state index contributed by atoms with van der Waals surface area (Å²) >= 11 is 0. The maximum Gasteiger partial charge on any atom is 0.227 e. The number of imidazole rings is 1. The van der Waals surface area contributed by atoms with Crippen molar-refractivity contribution in [2.24, 2.45) is 13.0 Å². The number of rotatable bonds is 2. The molecule has 0 spiro atoms. The highest BCUT2D eigenvalue weighted by atomic mass is 16.1. The minimum absolute atomic E-state index is 0.00706. The Hall–Kier alpha value is -2.63. The SMILES string of the molecule is Cn1cc2ccc(NC(=O)C3CCc4nc[nH]c4C3)cc2n1. The van der Waals surface area contributed by atoms with E-state index in [0.717, 1.165) is 47.2 Å². The number of hydrogen-bond donors (Lipinski definition) is 2. The first-order valence-corrected chi connectivity index (χ1v) is 7.44. The Morgan fingerprint density at radius 3 is 3.27 bits per heavy atom. The number of nitrogens with zero attached hydrogens (tertiary/aromatic N) is 3. The summed E-state index contributed by atoms with van der Waals surface area (Å²) in [6.07, 6.45) is 6.10. The van der Waals surface area contributed by atoms with Crippen molar-refractivity contribution in [3.05, 3.63) is 42.1 Å². The maximum atomic E-state index is 12.5. The molecule has 0 fully saturated rings. The molecule has 1 unspecified atom stereocenters. The molecular weight excluding hydrogens is 278 g/mol. The molecule has 2 N–H and O–H groups in total. The number of aryl methyl sites for hydroxylation is 2. The van der Waals surface area contributed by atoms with Gasteiger partial charge in [-0.1, -0.05) is 0 Å². The Morgan fingerprint density at radius 2 is 2.36 bits per heavy atom. The molecule has 6 nitrogen and oxygen atoms in total. The fourth-order valence-electron chi connectivity index (χ4n) is 3.09. The average molecular weight is 295 g/mol. The number of nitrogens with one attached hydrogen (secondary N) is 2. The summed E-state index contributed by atoms with van der Waals surface area (Å²) in [4.78, 5) is 19.9. The lowest BCUT2D eigenvalue weighted by atomic mass is 9.89. The second-order valence-electron chi connectivity index (χ2n) is 5.83. The second-order valence-corrected chi connectivity index (χ2v) is 5.83. The van der Waals surface area contributed by atoms with E-state index >= 15 is 0 Å². The molecule has 0 saturated carbocycles. The number of carbonyl (C=O) groups excluding carboxylic acids is 1. The van der Waals surface area contributed by atoms with Gasteiger partial charge >= 0.3 is 0 Å². The minimum Gasteiger partial charge on any atom is -0.348 e. The standard InChI is InChI=1S/C16H17N5O/c1-21-8-11-2-4-12(7-14(11)20-21)19-16(22)10-3-5-13-15(6-10)18-9-17-13/h2,4,7-10H,3,5-6H2,1H3,(H,17,18)(H,19,22). The quantitative estimate of drug-likeness (QED) is 0.759. The van der Waals surface area contributed by atoms with Gasteiger partial charge in [0.25, 0.3) is 0 Å². The van der Waals surface area contributed by atoms with Crippen LogP contribution in [0.4, 0.5) is 5.69 Å². The Balaban J connectivity index is 1.51. The van der Waals surface area contributed by atoms with Crippen molar-refractivity contribution in [1.82, 2.24) is 19.7 Å². The van der Waals surface area contributed by atoms with Crippen molar-refractivity contribution >= 4 is 22.5 Å². The number of aromatic nitrogens is 4. The van der Waals surface area contributed by atoms with Crippen LogP contribution in [0.5, 0.6) is 0 Å². The van der Waals surface area contributed by atoms with E-state index in [4.69, 9.17) is 0 Å². The van der Waals surface area contributed by atoms with Crippen LogP contribution in [0.1, 0.15) is 17.8 Å². The minimum atomic E-state index is -0.00706. The normalized spacial score (nSPS) is 17.4. The van der Waals surface area contributed by atoms with Gasteiger partial charge < -0.3 is 10.3 Å². The van der Waals surface area contributed by atoms with Gasteiger partial charge in [-0.3, -0.25) is 9.48 Å². The first-order valence-electron chi connectivity index (χ1n) is 7.44. The van der Waals surface area contributed by atoms with E-state index in [1.54, 1.807) is 11.0 Å². The summed E-state index contributed by atoms with van der Waals surface area (Å²) in [5.41, 5.74) is 3.87. The zero-order valence-corrected chi connectivity index (χ0v) is 12.3. The molecule has 0 radical (unpaired) electrons. The van der Waals surface area contributed by atoms with Crippen LogP contribution in [-0.4, -0.2) is 25.7 Å². The summed E-state index contributed by atoms with van der Waals surface area (Å²) in [6.45, 7) is 0. The highest BCUT2D eigenvalue weighted by molar-refractivity contribution is 5.95. The second kappa shape index (κ2) is 4.98. The lowest BCUT2D eigenvalue weighted by Gasteiger charge is -2.20. The van der Waals surface area contributed by atoms with Crippen LogP contribution in [0.15, 0.2) is 30.7 Å². The largest absolute Gasteiger partial charge is 0.348 e. The molecule has 1 aliphatic rings. The zero-order chi connectivity index (χ0) is 15.1. The van der Waals surface area contributed by atoms with E-state index in [9.17, 15) is 4.79 Å². The highest BCUT2D eigenvalue weighted by Crippen LogP contribution is 2.25. The molecule has 1 aromatic carbocycles. The Bertz CT molecular complexity index is 847. The van der Waals surface area contributed by atoms with E-state index in [1.807, 2.05) is 31.4 Å². The van der Waals surface area contributed by atoms with Crippen LogP contribution >= 0.6 is 0 Å². The summed E-state index contributed by atoms with van der Waals surface area (Å²) in [6, 6.07) is 5.82. The molecule has 2 heterocycles. The maximum absolute atomic E-state index is 12.5. The van der Waals surface area contributed by atoms with Gasteiger partial charge in [-0.15, -0.1) is 0 Å². The van der Waals surface area contributed by atoms with Crippen LogP contribution in [0.3, 0.4) is 0 Å². The number of benzene rings is 1. The van der Waals surface area contributed by atoms with Gasteiger partial charge in [0.2, 0.25) is 5.91 Å². The van der Waals surface area contributed by atoms with Gasteiger partial charge in [-0.25, -0.2) is 4.98 Å². The van der Waals surface area contributed by atoms with E-state index in [2.05, 4.69) is 20.4 Å². The lowest BCUT2D eigenvalue weighted by molar-refractivity contribution is -0.120. The molecule has 112 valence electrons. The predicted molar refractivity (Wildman–Crippen MR) is 83.4 cm³/mol. The van der Waals surface area contributed by atoms with E-state index < -0.39 is 0 Å². The van der Waals surface area contributed by atoms with E-state index in [-0.39, 0.29) is 11.8 Å². The number of amides is 1. The van der Waals surface area contributed by atoms with Crippen molar-refractivity contribution in [1.29, 1.82) is 0 Å². The van der Waals surface area contributed by atoms with Gasteiger partial charge in [0.05, 0.1) is 17.5 Å². The third-order valence-electron chi connectivity index (χ3n) is 4.25. The fourth-order valence-corrected chi connectivity index (χ4v) is 3.09. The molecule has 4 rings (SSSR count). The van der Waals surface area contributed by atoms with Crippen molar-refractivity contribution in [2.75, 3.05) is 5.32 Å². The molecule has 0 saturated heterocycles. The van der Waals surface area contributed by atoms with Gasteiger partial charge in [-0.05, 0) is 31.0 Å². The summed E-state index contributed by atoms with van der Waals surface area (Å²) in [5.74, 6) is 0.0583. The van der Waals surface area contributed by atoms with Crippen LogP contribution in [0.2, 0.25) is 0 Å². The molecule has 1 amide bonds. The third-order valence-corrected chi connectivity index (χ3v) is 4.25. The summed E-state index contributed by atoms with van der Waals surface area (Å²) in [7, 11) is 1.89. The number of hydrogen-bond acceptors (Lipinski definition) is 3. The van der Waals surface area contributed by atoms with Crippen LogP contribution in [0, 0.1) is 5.92 Å². The first-order chi connectivity index (χ1) is 10.7. The molecule has 6 heteroatoms. The van der Waals surface area contributed by atoms with Crippen LogP contribution in [0.25, 0.3) is 10.9 Å². The summed E-state index contributed by atoms with van der Waals surface area (Å²) in [5, 5.41) is 8.45. The number of carbonyl (C=O) groups is 1. The smallest absolute Gasteiger partial charge is 0.227 e. The van der Waals surface area contributed by atoms with Crippen LogP contribution < -0.4 is 5.32 Å². The van der Waals surface area contributed by atoms with Gasteiger partial charge in [0, 0.05) is 42.4 Å². The Kier molecular flexibility index (Phi) is 2.96. The molecule has 1 atom stereocenters. The molecule has 22 heavy (non-hydrogen) atoms. The van der Waals surface area contributed by atoms with Crippen molar-refractivity contribution in [3.63, 3.8) is 0 Å². The highest BCUT2D eigenvalue weighted by Gasteiger charge is 2.26. The fraction of sp³-hybridized carbons (Fsp3) is 0.312. The van der Waals surface area contributed by atoms with Gasteiger partial charge in [0.15, 0.2) is 0 Å². The Labute approximate surface area is 127 Å². The number of H-pyrrole nitrogens is 1. The monoisotopic (exact) mass is 295 g/mol. The van der Waals surface area contributed by atoms with E-state index in [1.165, 1.54) is 0 Å². The van der Waals surface area contributed by atoms with Gasteiger partial charge in [-0.2, -0.15) is 5.10 Å². The predicted octanol–water partition coefficient (Wildman–Crippen LogP) is 2.04. The van der Waals surface area contributed by atoms with Crippen LogP contribution in [-0.2, 0) is 24.7 Å². The van der Waals surface area contributed by atoms with Gasteiger partial charge in [0.1, 0.15) is 0 Å². The molecule has 1 aliphatic carbocycles. The lowest BCUT2D eigenvalue weighted by Crippen LogP contribution is -2.28. The number of fused-ring (bicyclic) bond motifs is 2. The molecule has 0 aliphatic heterocycles. The number of aromatic amines is 1. The molecule has 3 aromatic rings. The number of anilines is 1. The molecule has 2 aromatic heterocycles. The third kappa shape index (κ3) is 2.26. The van der Waals surface area contributed by atoms with E-state index in [0.29, 0.717) is 0 Å².